The normalized spacial score (nSPS) is 29.8. The molecule has 0 bridgehead atoms. The summed E-state index contributed by atoms with van der Waals surface area (Å²) >= 11 is 1.91. The van der Waals surface area contributed by atoms with Gasteiger partial charge in [0.05, 0.1) is 6.04 Å². The molecule has 0 aromatic rings. The molecular formula is C12H16N2S. The van der Waals surface area contributed by atoms with Gasteiger partial charge in [0.1, 0.15) is 0 Å². The van der Waals surface area contributed by atoms with Crippen LogP contribution in [0, 0.1) is 0 Å². The van der Waals surface area contributed by atoms with Crippen molar-refractivity contribution in [1.29, 1.82) is 0 Å². The Morgan fingerprint density at radius 3 is 3.07 bits per heavy atom. The number of hydrogen-bond donors (Lipinski definition) is 0. The van der Waals surface area contributed by atoms with E-state index in [2.05, 4.69) is 24.0 Å². The summed E-state index contributed by atoms with van der Waals surface area (Å²) in [6, 6.07) is 0.456. The molecule has 0 N–H and O–H groups in total. The number of hydrogen-bond acceptors (Lipinski definition) is 3. The fraction of sp³-hybridized carbons (Fsp3) is 0.583. The number of amidine groups is 1. The minimum absolute atomic E-state index is 0.456. The van der Waals surface area contributed by atoms with Gasteiger partial charge in [0.2, 0.25) is 0 Å². The van der Waals surface area contributed by atoms with Crippen LogP contribution in [0.4, 0.5) is 0 Å². The Hall–Kier alpha value is -0.700. The van der Waals surface area contributed by atoms with Gasteiger partial charge in [0.25, 0.3) is 0 Å². The molecule has 0 amide bonds. The molecule has 1 atom stereocenters. The lowest BCUT2D eigenvalue weighted by Crippen LogP contribution is -2.25. The van der Waals surface area contributed by atoms with E-state index in [0.29, 0.717) is 6.04 Å². The van der Waals surface area contributed by atoms with E-state index < -0.39 is 0 Å². The van der Waals surface area contributed by atoms with Crippen LogP contribution in [0.5, 0.6) is 0 Å². The number of rotatable bonds is 1. The zero-order chi connectivity index (χ0) is 10.3. The van der Waals surface area contributed by atoms with Crippen LogP contribution >= 0.6 is 11.8 Å². The third-order valence-corrected chi connectivity index (χ3v) is 4.33. The van der Waals surface area contributed by atoms with Crippen LogP contribution in [0.3, 0.4) is 0 Å². The fourth-order valence-corrected chi connectivity index (χ4v) is 3.37. The molecule has 0 spiro atoms. The highest BCUT2D eigenvalue weighted by Gasteiger charge is 2.30. The van der Waals surface area contributed by atoms with E-state index in [0.717, 1.165) is 19.4 Å². The Bertz CT molecular complexity index is 368. The molecule has 1 aliphatic carbocycles. The van der Waals surface area contributed by atoms with Gasteiger partial charge in [-0.3, -0.25) is 4.99 Å². The van der Waals surface area contributed by atoms with Crippen molar-refractivity contribution in [3.63, 3.8) is 0 Å². The van der Waals surface area contributed by atoms with Gasteiger partial charge in [-0.25, -0.2) is 0 Å². The Balaban J connectivity index is 1.73. The molecule has 3 aliphatic rings. The van der Waals surface area contributed by atoms with Crippen LogP contribution in [0.25, 0.3) is 0 Å². The Morgan fingerprint density at radius 1 is 1.40 bits per heavy atom. The molecule has 2 aliphatic heterocycles. The predicted molar refractivity (Wildman–Crippen MR) is 66.3 cm³/mol. The highest BCUT2D eigenvalue weighted by atomic mass is 32.2. The lowest BCUT2D eigenvalue weighted by atomic mass is 9.95. The molecule has 2 heterocycles. The third kappa shape index (κ3) is 1.73. The second kappa shape index (κ2) is 3.71. The standard InChI is InChI=1S/C12H16N2S/c1-9-2-4-10(5-3-9)11-8-14-6-7-15-12(14)13-11/h2,5,11H,3-4,6-8H2,1H3. The maximum absolute atomic E-state index is 4.81. The maximum atomic E-state index is 4.81. The lowest BCUT2D eigenvalue weighted by Gasteiger charge is -2.17. The highest BCUT2D eigenvalue weighted by Crippen LogP contribution is 2.30. The summed E-state index contributed by atoms with van der Waals surface area (Å²) in [5.74, 6) is 1.23. The predicted octanol–water partition coefficient (Wildman–Crippen LogP) is 2.44. The van der Waals surface area contributed by atoms with E-state index in [1.807, 2.05) is 11.8 Å². The first kappa shape index (κ1) is 9.52. The molecule has 1 unspecified atom stereocenters. The SMILES string of the molecule is CC1=CCC(C2CN3CCSC3=N2)=CC1. The quantitative estimate of drug-likeness (QED) is 0.631. The van der Waals surface area contributed by atoms with E-state index in [9.17, 15) is 0 Å². The Labute approximate surface area is 95.1 Å². The first-order chi connectivity index (χ1) is 7.33. The van der Waals surface area contributed by atoms with Crippen molar-refractivity contribution in [2.24, 2.45) is 4.99 Å². The van der Waals surface area contributed by atoms with Gasteiger partial charge in [0.15, 0.2) is 5.17 Å². The van der Waals surface area contributed by atoms with Crippen LogP contribution in [-0.4, -0.2) is 35.0 Å². The third-order valence-electron chi connectivity index (χ3n) is 3.32. The average Bonchev–Trinajstić information content (AvgIpc) is 2.78. The van der Waals surface area contributed by atoms with E-state index in [4.69, 9.17) is 4.99 Å². The first-order valence-corrected chi connectivity index (χ1v) is 6.61. The lowest BCUT2D eigenvalue weighted by molar-refractivity contribution is 0.473. The summed E-state index contributed by atoms with van der Waals surface area (Å²) in [5.41, 5.74) is 3.03. The van der Waals surface area contributed by atoms with Crippen LogP contribution in [0.15, 0.2) is 28.3 Å². The van der Waals surface area contributed by atoms with Crippen molar-refractivity contribution in [3.05, 3.63) is 23.3 Å². The molecule has 1 saturated heterocycles. The van der Waals surface area contributed by atoms with E-state index in [-0.39, 0.29) is 0 Å². The maximum Gasteiger partial charge on any atom is 0.160 e. The molecule has 0 radical (unpaired) electrons. The van der Waals surface area contributed by atoms with Crippen LogP contribution in [-0.2, 0) is 0 Å². The fourth-order valence-electron chi connectivity index (χ4n) is 2.33. The van der Waals surface area contributed by atoms with E-state index in [1.165, 1.54) is 28.6 Å². The molecule has 15 heavy (non-hydrogen) atoms. The van der Waals surface area contributed by atoms with Gasteiger partial charge in [-0.05, 0) is 25.3 Å². The molecule has 3 rings (SSSR count). The number of fused-ring (bicyclic) bond motifs is 1. The molecule has 0 aromatic heterocycles. The Kier molecular flexibility index (Phi) is 2.35. The molecule has 0 saturated carbocycles. The zero-order valence-electron chi connectivity index (χ0n) is 9.07. The molecule has 3 heteroatoms. The molecule has 0 aromatic carbocycles. The second-order valence-electron chi connectivity index (χ2n) is 4.46. The molecule has 1 fully saturated rings. The average molecular weight is 220 g/mol. The Morgan fingerprint density at radius 2 is 2.33 bits per heavy atom. The van der Waals surface area contributed by atoms with Crippen molar-refractivity contribution in [1.82, 2.24) is 4.90 Å². The van der Waals surface area contributed by atoms with Gasteiger partial charge < -0.3 is 4.90 Å². The number of nitrogens with zero attached hydrogens (tertiary/aromatic N) is 2. The number of thioether (sulfide) groups is 1. The van der Waals surface area contributed by atoms with Crippen molar-refractivity contribution < 1.29 is 0 Å². The van der Waals surface area contributed by atoms with Gasteiger partial charge in [-0.1, -0.05) is 29.5 Å². The van der Waals surface area contributed by atoms with Gasteiger partial charge in [-0.2, -0.15) is 0 Å². The second-order valence-corrected chi connectivity index (χ2v) is 5.52. The van der Waals surface area contributed by atoms with E-state index >= 15 is 0 Å². The first-order valence-electron chi connectivity index (χ1n) is 5.63. The smallest absolute Gasteiger partial charge is 0.160 e. The van der Waals surface area contributed by atoms with Gasteiger partial charge >= 0.3 is 0 Å². The summed E-state index contributed by atoms with van der Waals surface area (Å²) in [7, 11) is 0. The zero-order valence-corrected chi connectivity index (χ0v) is 9.89. The van der Waals surface area contributed by atoms with Gasteiger partial charge in [-0.15, -0.1) is 0 Å². The van der Waals surface area contributed by atoms with Crippen LogP contribution < -0.4 is 0 Å². The van der Waals surface area contributed by atoms with Crippen LogP contribution in [0.1, 0.15) is 19.8 Å². The number of aliphatic imine (C=N–C) groups is 1. The minimum Gasteiger partial charge on any atom is -0.348 e. The monoisotopic (exact) mass is 220 g/mol. The molecule has 80 valence electrons. The number of allylic oxidation sites excluding steroid dienone is 3. The van der Waals surface area contributed by atoms with Crippen molar-refractivity contribution in [2.45, 2.75) is 25.8 Å². The van der Waals surface area contributed by atoms with Crippen molar-refractivity contribution >= 4 is 16.9 Å². The minimum atomic E-state index is 0.456. The summed E-state index contributed by atoms with van der Waals surface area (Å²) in [5, 5.41) is 1.28. The highest BCUT2D eigenvalue weighted by molar-refractivity contribution is 8.14. The van der Waals surface area contributed by atoms with Crippen molar-refractivity contribution in [3.8, 4) is 0 Å². The summed E-state index contributed by atoms with van der Waals surface area (Å²) in [4.78, 5) is 7.24. The van der Waals surface area contributed by atoms with E-state index in [1.54, 1.807) is 0 Å². The van der Waals surface area contributed by atoms with Gasteiger partial charge in [0, 0.05) is 18.8 Å². The largest absolute Gasteiger partial charge is 0.348 e. The summed E-state index contributed by atoms with van der Waals surface area (Å²) in [6.07, 6.45) is 6.98. The topological polar surface area (TPSA) is 15.6 Å². The molecular weight excluding hydrogens is 204 g/mol. The molecule has 2 nitrogen and oxygen atoms in total. The summed E-state index contributed by atoms with van der Waals surface area (Å²) < 4.78 is 0. The van der Waals surface area contributed by atoms with Crippen molar-refractivity contribution in [2.75, 3.05) is 18.8 Å². The summed E-state index contributed by atoms with van der Waals surface area (Å²) in [6.45, 7) is 4.53. The van der Waals surface area contributed by atoms with Crippen LogP contribution in [0.2, 0.25) is 0 Å².